The van der Waals surface area contributed by atoms with Crippen molar-refractivity contribution in [3.05, 3.63) is 107 Å². The molecule has 0 radical (unpaired) electrons. The van der Waals surface area contributed by atoms with Crippen molar-refractivity contribution in [2.24, 2.45) is 0 Å². The van der Waals surface area contributed by atoms with Crippen molar-refractivity contribution in [3.63, 3.8) is 0 Å². The minimum Gasteiger partial charge on any atom is -0.361 e. The summed E-state index contributed by atoms with van der Waals surface area (Å²) in [4.78, 5) is 6.43. The lowest BCUT2D eigenvalue weighted by molar-refractivity contribution is -0.138. The highest BCUT2D eigenvalue weighted by Crippen LogP contribution is 2.44. The van der Waals surface area contributed by atoms with Gasteiger partial charge >= 0.3 is 6.18 Å². The fraction of sp³-hybridized carbons (Fsp3) is 0.0833. The summed E-state index contributed by atoms with van der Waals surface area (Å²) in [6.07, 6.45) is -0.790. The third-order valence-electron chi connectivity index (χ3n) is 5.44. The van der Waals surface area contributed by atoms with Gasteiger partial charge in [0.15, 0.2) is 0 Å². The van der Waals surface area contributed by atoms with Gasteiger partial charge in [-0.2, -0.15) is 13.2 Å². The third-order valence-corrected chi connectivity index (χ3v) is 5.44. The van der Waals surface area contributed by atoms with Gasteiger partial charge in [-0.05, 0) is 34.9 Å². The third kappa shape index (κ3) is 2.90. The second kappa shape index (κ2) is 6.55. The molecule has 0 aliphatic heterocycles. The number of aromatic amines is 2. The van der Waals surface area contributed by atoms with E-state index in [-0.39, 0.29) is 5.56 Å². The highest BCUT2D eigenvalue weighted by atomic mass is 19.4. The van der Waals surface area contributed by atoms with Crippen molar-refractivity contribution in [1.29, 1.82) is 0 Å². The fourth-order valence-corrected chi connectivity index (χ4v) is 4.18. The molecule has 0 aliphatic rings. The van der Waals surface area contributed by atoms with Crippen molar-refractivity contribution in [2.45, 2.75) is 12.1 Å². The van der Waals surface area contributed by atoms with E-state index >= 15 is 0 Å². The monoisotopic (exact) mass is 390 g/mol. The van der Waals surface area contributed by atoms with E-state index in [4.69, 9.17) is 0 Å². The lowest BCUT2D eigenvalue weighted by atomic mass is 9.82. The van der Waals surface area contributed by atoms with Crippen molar-refractivity contribution < 1.29 is 13.2 Å². The maximum atomic E-state index is 13.9. The van der Waals surface area contributed by atoms with Crippen molar-refractivity contribution >= 4 is 21.8 Å². The highest BCUT2D eigenvalue weighted by Gasteiger charge is 2.36. The Morgan fingerprint density at radius 1 is 0.586 bits per heavy atom. The predicted molar refractivity (Wildman–Crippen MR) is 109 cm³/mol. The second-order valence-corrected chi connectivity index (χ2v) is 7.10. The smallest absolute Gasteiger partial charge is 0.361 e. The molecule has 0 spiro atoms. The maximum absolute atomic E-state index is 13.9. The van der Waals surface area contributed by atoms with Gasteiger partial charge in [-0.3, -0.25) is 0 Å². The van der Waals surface area contributed by atoms with Crippen LogP contribution in [0.5, 0.6) is 0 Å². The van der Waals surface area contributed by atoms with Gasteiger partial charge in [0.05, 0.1) is 5.56 Å². The molecule has 29 heavy (non-hydrogen) atoms. The van der Waals surface area contributed by atoms with Crippen LogP contribution in [0.2, 0.25) is 0 Å². The molecule has 0 saturated heterocycles. The largest absolute Gasteiger partial charge is 0.416 e. The summed E-state index contributed by atoms with van der Waals surface area (Å²) in [5.74, 6) is -0.569. The van der Waals surface area contributed by atoms with Crippen molar-refractivity contribution in [3.8, 4) is 0 Å². The van der Waals surface area contributed by atoms with E-state index in [1.165, 1.54) is 6.07 Å². The predicted octanol–water partition coefficient (Wildman–Crippen LogP) is 6.85. The van der Waals surface area contributed by atoms with Gasteiger partial charge in [0, 0.05) is 40.1 Å². The van der Waals surface area contributed by atoms with Crippen LogP contribution in [-0.4, -0.2) is 9.97 Å². The van der Waals surface area contributed by atoms with Crippen LogP contribution in [0.3, 0.4) is 0 Å². The Kier molecular flexibility index (Phi) is 3.98. The molecule has 2 nitrogen and oxygen atoms in total. The second-order valence-electron chi connectivity index (χ2n) is 7.10. The Morgan fingerprint density at radius 3 is 1.62 bits per heavy atom. The standard InChI is InChI=1S/C24H17F3N2/c25-24(26,27)20-10-4-1-9-17(20)23(18-13-28-21-11-5-2-7-15(18)21)19-14-29-22-12-6-3-8-16(19)22/h1-14,23,28-29H. The van der Waals surface area contributed by atoms with E-state index in [9.17, 15) is 13.2 Å². The summed E-state index contributed by atoms with van der Waals surface area (Å²) >= 11 is 0. The number of benzene rings is 3. The Morgan fingerprint density at radius 2 is 1.07 bits per heavy atom. The SMILES string of the molecule is FC(F)(F)c1ccccc1C(c1c[nH]c2ccccc12)c1c[nH]c2ccccc12. The first kappa shape index (κ1) is 17.6. The van der Waals surface area contributed by atoms with E-state index in [1.54, 1.807) is 12.1 Å². The molecule has 0 fully saturated rings. The molecule has 0 unspecified atom stereocenters. The van der Waals surface area contributed by atoms with Gasteiger partial charge in [0.2, 0.25) is 0 Å². The number of halogens is 3. The zero-order valence-corrected chi connectivity index (χ0v) is 15.3. The lowest BCUT2D eigenvalue weighted by Crippen LogP contribution is -2.13. The maximum Gasteiger partial charge on any atom is 0.416 e. The summed E-state index contributed by atoms with van der Waals surface area (Å²) in [5.41, 5.74) is 3.08. The normalized spacial score (nSPS) is 12.3. The molecule has 5 heteroatoms. The summed E-state index contributed by atoms with van der Waals surface area (Å²) in [6, 6.07) is 21.2. The molecule has 144 valence electrons. The summed E-state index contributed by atoms with van der Waals surface area (Å²) in [5, 5.41) is 1.83. The van der Waals surface area contributed by atoms with Crippen LogP contribution < -0.4 is 0 Å². The molecule has 2 N–H and O–H groups in total. The molecular formula is C24H17F3N2. The Balaban J connectivity index is 1.84. The average Bonchev–Trinajstić information content (AvgIpc) is 3.34. The molecule has 5 rings (SSSR count). The molecule has 0 amide bonds. The quantitative estimate of drug-likeness (QED) is 0.338. The van der Waals surface area contributed by atoms with Crippen LogP contribution in [0.25, 0.3) is 21.8 Å². The van der Waals surface area contributed by atoms with Gasteiger partial charge in [-0.25, -0.2) is 0 Å². The first-order valence-electron chi connectivity index (χ1n) is 9.32. The van der Waals surface area contributed by atoms with E-state index in [2.05, 4.69) is 9.97 Å². The van der Waals surface area contributed by atoms with Crippen LogP contribution >= 0.6 is 0 Å². The number of alkyl halides is 3. The van der Waals surface area contributed by atoms with Gasteiger partial charge in [-0.15, -0.1) is 0 Å². The summed E-state index contributed by atoms with van der Waals surface area (Å²) in [7, 11) is 0. The van der Waals surface area contributed by atoms with Crippen LogP contribution in [0.15, 0.2) is 85.2 Å². The van der Waals surface area contributed by atoms with E-state index in [0.29, 0.717) is 0 Å². The first-order chi connectivity index (χ1) is 14.0. The number of para-hydroxylation sites is 2. The van der Waals surface area contributed by atoms with Gasteiger partial charge in [-0.1, -0.05) is 54.6 Å². The molecule has 0 saturated carbocycles. The Hall–Kier alpha value is -3.47. The molecule has 2 aromatic heterocycles. The number of aromatic nitrogens is 2. The number of fused-ring (bicyclic) bond motifs is 2. The fourth-order valence-electron chi connectivity index (χ4n) is 4.18. The minimum atomic E-state index is -4.44. The van der Waals surface area contributed by atoms with Gasteiger partial charge in [0.25, 0.3) is 0 Å². The van der Waals surface area contributed by atoms with Crippen LogP contribution in [0.1, 0.15) is 28.2 Å². The number of rotatable bonds is 3. The van der Waals surface area contributed by atoms with E-state index < -0.39 is 17.7 Å². The highest BCUT2D eigenvalue weighted by molar-refractivity contribution is 5.89. The van der Waals surface area contributed by atoms with Gasteiger partial charge < -0.3 is 9.97 Å². The number of hydrogen-bond donors (Lipinski definition) is 2. The summed E-state index contributed by atoms with van der Waals surface area (Å²) in [6.45, 7) is 0. The molecule has 0 bridgehead atoms. The Bertz CT molecular complexity index is 1240. The van der Waals surface area contributed by atoms with E-state index in [1.807, 2.05) is 60.9 Å². The number of H-pyrrole nitrogens is 2. The zero-order chi connectivity index (χ0) is 20.0. The minimum absolute atomic E-state index is 0.245. The molecule has 0 aliphatic carbocycles. The molecular weight excluding hydrogens is 373 g/mol. The lowest BCUT2D eigenvalue weighted by Gasteiger charge is -2.22. The van der Waals surface area contributed by atoms with Gasteiger partial charge in [0.1, 0.15) is 0 Å². The molecule has 3 aromatic carbocycles. The molecule has 5 aromatic rings. The first-order valence-corrected chi connectivity index (χ1v) is 9.32. The number of nitrogens with one attached hydrogen (secondary N) is 2. The Labute approximate surface area is 165 Å². The van der Waals surface area contributed by atoms with E-state index in [0.717, 1.165) is 39.0 Å². The summed E-state index contributed by atoms with van der Waals surface area (Å²) < 4.78 is 41.7. The van der Waals surface area contributed by atoms with Crippen LogP contribution in [0.4, 0.5) is 13.2 Å². The van der Waals surface area contributed by atoms with Crippen molar-refractivity contribution in [1.82, 2.24) is 9.97 Å². The average molecular weight is 390 g/mol. The zero-order valence-electron chi connectivity index (χ0n) is 15.3. The topological polar surface area (TPSA) is 31.6 Å². The van der Waals surface area contributed by atoms with Crippen molar-refractivity contribution in [2.75, 3.05) is 0 Å². The number of hydrogen-bond acceptors (Lipinski definition) is 0. The van der Waals surface area contributed by atoms with Crippen LogP contribution in [-0.2, 0) is 6.18 Å². The molecule has 0 atom stereocenters. The van der Waals surface area contributed by atoms with Crippen LogP contribution in [0, 0.1) is 0 Å². The molecule has 2 heterocycles.